The predicted molar refractivity (Wildman–Crippen MR) is 74.0 cm³/mol. The molecule has 1 aliphatic carbocycles. The standard InChI is InChI=1S/C15H24N2O3/c1-16-13(18)12-3-2-5-15(12)6-7-17(10-15)14(19)11-4-8-20-9-11/h11-12H,2-10H2,1H3,(H,16,18)/t11?,12-,15-/m0/s1. The molecule has 0 bridgehead atoms. The van der Waals surface area contributed by atoms with Gasteiger partial charge in [-0.2, -0.15) is 0 Å². The van der Waals surface area contributed by atoms with Crippen LogP contribution in [0.3, 0.4) is 0 Å². The molecule has 2 saturated heterocycles. The number of carbonyl (C=O) groups excluding carboxylic acids is 2. The molecule has 3 aliphatic rings. The van der Waals surface area contributed by atoms with Crippen LogP contribution in [-0.2, 0) is 14.3 Å². The van der Waals surface area contributed by atoms with Crippen molar-refractivity contribution in [1.29, 1.82) is 0 Å². The Labute approximate surface area is 120 Å². The lowest BCUT2D eigenvalue weighted by Gasteiger charge is -2.30. The van der Waals surface area contributed by atoms with Gasteiger partial charge in [0.2, 0.25) is 11.8 Å². The monoisotopic (exact) mass is 280 g/mol. The second-order valence-corrected chi connectivity index (χ2v) is 6.49. The molecule has 1 saturated carbocycles. The summed E-state index contributed by atoms with van der Waals surface area (Å²) in [5.74, 6) is 0.526. The lowest BCUT2D eigenvalue weighted by atomic mass is 9.76. The molecular formula is C15H24N2O3. The summed E-state index contributed by atoms with van der Waals surface area (Å²) in [5.41, 5.74) is 0.0369. The second kappa shape index (κ2) is 5.35. The molecule has 0 aromatic carbocycles. The molecule has 5 heteroatoms. The molecule has 2 aliphatic heterocycles. The van der Waals surface area contributed by atoms with E-state index in [0.29, 0.717) is 13.2 Å². The summed E-state index contributed by atoms with van der Waals surface area (Å²) in [6.45, 7) is 2.85. The highest BCUT2D eigenvalue weighted by atomic mass is 16.5. The van der Waals surface area contributed by atoms with Crippen LogP contribution in [0.2, 0.25) is 0 Å². The van der Waals surface area contributed by atoms with Crippen molar-refractivity contribution in [1.82, 2.24) is 10.2 Å². The topological polar surface area (TPSA) is 58.6 Å². The van der Waals surface area contributed by atoms with E-state index in [1.54, 1.807) is 7.05 Å². The van der Waals surface area contributed by atoms with Crippen LogP contribution in [0.15, 0.2) is 0 Å². The van der Waals surface area contributed by atoms with Crippen molar-refractivity contribution in [3.63, 3.8) is 0 Å². The second-order valence-electron chi connectivity index (χ2n) is 6.49. The van der Waals surface area contributed by atoms with Crippen LogP contribution in [0, 0.1) is 17.3 Å². The van der Waals surface area contributed by atoms with Crippen molar-refractivity contribution in [3.8, 4) is 0 Å². The maximum absolute atomic E-state index is 12.5. The molecule has 0 aromatic heterocycles. The Morgan fingerprint density at radius 1 is 1.30 bits per heavy atom. The minimum atomic E-state index is 0.0369. The Kier molecular flexibility index (Phi) is 3.71. The fourth-order valence-corrected chi connectivity index (χ4v) is 4.28. The van der Waals surface area contributed by atoms with E-state index in [4.69, 9.17) is 4.74 Å². The maximum atomic E-state index is 12.5. The first-order valence-electron chi connectivity index (χ1n) is 7.74. The van der Waals surface area contributed by atoms with E-state index in [0.717, 1.165) is 45.2 Å². The van der Waals surface area contributed by atoms with E-state index in [9.17, 15) is 9.59 Å². The normalized spacial score (nSPS) is 36.8. The van der Waals surface area contributed by atoms with Gasteiger partial charge in [-0.3, -0.25) is 9.59 Å². The van der Waals surface area contributed by atoms with Gasteiger partial charge in [-0.05, 0) is 25.7 Å². The van der Waals surface area contributed by atoms with Gasteiger partial charge in [-0.1, -0.05) is 6.42 Å². The molecule has 3 fully saturated rings. The van der Waals surface area contributed by atoms with Crippen molar-refractivity contribution in [2.24, 2.45) is 17.3 Å². The lowest BCUT2D eigenvalue weighted by Crippen LogP contribution is -2.41. The molecule has 1 unspecified atom stereocenters. The summed E-state index contributed by atoms with van der Waals surface area (Å²) in [4.78, 5) is 26.5. The summed E-state index contributed by atoms with van der Waals surface area (Å²) >= 11 is 0. The highest BCUT2D eigenvalue weighted by molar-refractivity contribution is 5.81. The molecule has 112 valence electrons. The van der Waals surface area contributed by atoms with Gasteiger partial charge in [0.05, 0.1) is 12.5 Å². The van der Waals surface area contributed by atoms with Crippen molar-refractivity contribution in [2.75, 3.05) is 33.4 Å². The number of likely N-dealkylation sites (tertiary alicyclic amines) is 1. The summed E-state index contributed by atoms with van der Waals surface area (Å²) in [6, 6.07) is 0. The van der Waals surface area contributed by atoms with Gasteiger partial charge in [0.15, 0.2) is 0 Å². The Hall–Kier alpha value is -1.10. The summed E-state index contributed by atoms with van der Waals surface area (Å²) in [7, 11) is 1.71. The SMILES string of the molecule is CNC(=O)[C@@H]1CCC[C@@]12CCN(C(=O)C1CCOC1)C2. The first kappa shape index (κ1) is 13.9. The zero-order valence-corrected chi connectivity index (χ0v) is 12.2. The molecule has 3 atom stereocenters. The van der Waals surface area contributed by atoms with Crippen LogP contribution in [0.1, 0.15) is 32.1 Å². The number of hydrogen-bond acceptors (Lipinski definition) is 3. The molecule has 0 aromatic rings. The van der Waals surface area contributed by atoms with E-state index < -0.39 is 0 Å². The van der Waals surface area contributed by atoms with Gasteiger partial charge < -0.3 is 15.0 Å². The average Bonchev–Trinajstić information content (AvgIpc) is 3.19. The largest absolute Gasteiger partial charge is 0.381 e. The molecule has 1 N–H and O–H groups in total. The van der Waals surface area contributed by atoms with Crippen LogP contribution < -0.4 is 5.32 Å². The zero-order valence-electron chi connectivity index (χ0n) is 12.2. The molecule has 20 heavy (non-hydrogen) atoms. The van der Waals surface area contributed by atoms with Crippen molar-refractivity contribution in [2.45, 2.75) is 32.1 Å². The van der Waals surface area contributed by atoms with E-state index in [1.165, 1.54) is 0 Å². The van der Waals surface area contributed by atoms with Crippen LogP contribution in [0.5, 0.6) is 0 Å². The molecule has 2 amide bonds. The minimum absolute atomic E-state index is 0.0369. The fourth-order valence-electron chi connectivity index (χ4n) is 4.28. The fraction of sp³-hybridized carbons (Fsp3) is 0.867. The quantitative estimate of drug-likeness (QED) is 0.813. The van der Waals surface area contributed by atoms with Crippen LogP contribution in [-0.4, -0.2) is 50.1 Å². The smallest absolute Gasteiger partial charge is 0.228 e. The highest BCUT2D eigenvalue weighted by Crippen LogP contribution is 2.50. The molecule has 3 rings (SSSR count). The molecule has 0 radical (unpaired) electrons. The Morgan fingerprint density at radius 2 is 2.15 bits per heavy atom. The Bertz CT molecular complexity index is 406. The van der Waals surface area contributed by atoms with Crippen molar-refractivity contribution < 1.29 is 14.3 Å². The van der Waals surface area contributed by atoms with E-state index in [2.05, 4.69) is 5.32 Å². The third-order valence-electron chi connectivity index (χ3n) is 5.45. The van der Waals surface area contributed by atoms with Crippen molar-refractivity contribution >= 4 is 11.8 Å². The minimum Gasteiger partial charge on any atom is -0.381 e. The lowest BCUT2D eigenvalue weighted by molar-refractivity contribution is -0.136. The average molecular weight is 280 g/mol. The third-order valence-corrected chi connectivity index (χ3v) is 5.45. The maximum Gasteiger partial charge on any atom is 0.228 e. The first-order valence-corrected chi connectivity index (χ1v) is 7.74. The Morgan fingerprint density at radius 3 is 2.85 bits per heavy atom. The van der Waals surface area contributed by atoms with Crippen LogP contribution >= 0.6 is 0 Å². The van der Waals surface area contributed by atoms with Gasteiger partial charge >= 0.3 is 0 Å². The predicted octanol–water partition coefficient (Wildman–Crippen LogP) is 0.788. The number of hydrogen-bond donors (Lipinski definition) is 1. The molecular weight excluding hydrogens is 256 g/mol. The van der Waals surface area contributed by atoms with E-state index >= 15 is 0 Å². The zero-order chi connectivity index (χ0) is 14.2. The van der Waals surface area contributed by atoms with Gasteiger partial charge in [-0.15, -0.1) is 0 Å². The number of amides is 2. The van der Waals surface area contributed by atoms with E-state index in [1.807, 2.05) is 4.90 Å². The Balaban J connectivity index is 1.68. The van der Waals surface area contributed by atoms with Gasteiger partial charge in [0, 0.05) is 38.1 Å². The van der Waals surface area contributed by atoms with Gasteiger partial charge in [0.25, 0.3) is 0 Å². The number of rotatable bonds is 2. The van der Waals surface area contributed by atoms with Crippen LogP contribution in [0.4, 0.5) is 0 Å². The third kappa shape index (κ3) is 2.22. The molecule has 2 heterocycles. The van der Waals surface area contributed by atoms with Gasteiger partial charge in [0.1, 0.15) is 0 Å². The summed E-state index contributed by atoms with van der Waals surface area (Å²) in [5, 5.41) is 2.79. The van der Waals surface area contributed by atoms with Gasteiger partial charge in [-0.25, -0.2) is 0 Å². The summed E-state index contributed by atoms with van der Waals surface area (Å²) in [6.07, 6.45) is 4.97. The van der Waals surface area contributed by atoms with Crippen molar-refractivity contribution in [3.05, 3.63) is 0 Å². The van der Waals surface area contributed by atoms with Crippen LogP contribution in [0.25, 0.3) is 0 Å². The molecule has 1 spiro atoms. The first-order chi connectivity index (χ1) is 9.66. The number of ether oxygens (including phenoxy) is 1. The highest BCUT2D eigenvalue weighted by Gasteiger charge is 2.51. The summed E-state index contributed by atoms with van der Waals surface area (Å²) < 4.78 is 5.32. The molecule has 5 nitrogen and oxygen atoms in total. The van der Waals surface area contributed by atoms with E-state index in [-0.39, 0.29) is 29.1 Å². The number of nitrogens with zero attached hydrogens (tertiary/aromatic N) is 1. The number of nitrogens with one attached hydrogen (secondary N) is 1. The number of carbonyl (C=O) groups is 2.